The van der Waals surface area contributed by atoms with Crippen LogP contribution in [0.2, 0.25) is 0 Å². The molecular weight excluding hydrogens is 350 g/mol. The Morgan fingerprint density at radius 1 is 1.46 bits per heavy atom. The first kappa shape index (κ1) is 16.7. The second-order valence-corrected chi connectivity index (χ2v) is 7.42. The van der Waals surface area contributed by atoms with Crippen LogP contribution in [0.4, 0.5) is 5.13 Å². The summed E-state index contributed by atoms with van der Waals surface area (Å²) >= 11 is 1.27. The van der Waals surface area contributed by atoms with Crippen molar-refractivity contribution in [2.45, 2.75) is 19.8 Å². The molecule has 1 aliphatic heterocycles. The van der Waals surface area contributed by atoms with E-state index in [1.807, 2.05) is 6.20 Å². The van der Waals surface area contributed by atoms with Gasteiger partial charge in [0.2, 0.25) is 16.9 Å². The van der Waals surface area contributed by atoms with E-state index in [2.05, 4.69) is 45.6 Å². The van der Waals surface area contributed by atoms with Crippen molar-refractivity contribution < 1.29 is 9.59 Å². The summed E-state index contributed by atoms with van der Waals surface area (Å²) in [5.74, 6) is -0.477. The quantitative estimate of drug-likeness (QED) is 0.722. The maximum atomic E-state index is 12.3. The van der Waals surface area contributed by atoms with Crippen molar-refractivity contribution in [3.63, 3.8) is 0 Å². The predicted octanol–water partition coefficient (Wildman–Crippen LogP) is 2.36. The Bertz CT molecular complexity index is 950. The van der Waals surface area contributed by atoms with E-state index in [0.29, 0.717) is 18.2 Å². The molecule has 1 saturated heterocycles. The molecule has 8 heteroatoms. The molecule has 2 aromatic heterocycles. The van der Waals surface area contributed by atoms with Crippen molar-refractivity contribution >= 4 is 39.2 Å². The summed E-state index contributed by atoms with van der Waals surface area (Å²) in [6, 6.07) is 6.31. The molecule has 4 rings (SSSR count). The minimum absolute atomic E-state index is 0.0263. The number of hydrogen-bond acceptors (Lipinski definition) is 5. The van der Waals surface area contributed by atoms with Crippen LogP contribution in [-0.2, 0) is 16.0 Å². The number of carbonyl (C=O) groups is 2. The van der Waals surface area contributed by atoms with Crippen LogP contribution < -0.4 is 5.32 Å². The minimum Gasteiger partial charge on any atom is -0.361 e. The van der Waals surface area contributed by atoms with Crippen LogP contribution in [0.3, 0.4) is 0 Å². The van der Waals surface area contributed by atoms with Crippen molar-refractivity contribution in [1.29, 1.82) is 0 Å². The summed E-state index contributed by atoms with van der Waals surface area (Å²) < 4.78 is 0. The number of H-pyrrole nitrogens is 1. The highest BCUT2D eigenvalue weighted by atomic mass is 32.1. The average molecular weight is 369 g/mol. The third-order valence-corrected chi connectivity index (χ3v) is 5.36. The highest BCUT2D eigenvalue weighted by molar-refractivity contribution is 7.13. The number of hydrogen-bond donors (Lipinski definition) is 2. The van der Waals surface area contributed by atoms with Gasteiger partial charge in [-0.25, -0.2) is 0 Å². The summed E-state index contributed by atoms with van der Waals surface area (Å²) in [5, 5.41) is 11.9. The summed E-state index contributed by atoms with van der Waals surface area (Å²) in [6.07, 6.45) is 3.02. The fourth-order valence-corrected chi connectivity index (χ4v) is 3.80. The predicted molar refractivity (Wildman–Crippen MR) is 100.0 cm³/mol. The highest BCUT2D eigenvalue weighted by Crippen LogP contribution is 2.23. The maximum absolute atomic E-state index is 12.3. The topological polar surface area (TPSA) is 91.0 Å². The lowest BCUT2D eigenvalue weighted by Crippen LogP contribution is -2.30. The molecule has 0 aliphatic carbocycles. The van der Waals surface area contributed by atoms with Crippen molar-refractivity contribution in [3.8, 4) is 0 Å². The van der Waals surface area contributed by atoms with E-state index in [4.69, 9.17) is 0 Å². The molecular formula is C18H19N5O2S. The average Bonchev–Trinajstić information content (AvgIpc) is 3.33. The van der Waals surface area contributed by atoms with Gasteiger partial charge in [-0.05, 0) is 31.0 Å². The molecule has 1 atom stereocenters. The number of aryl methyl sites for hydroxylation is 1. The molecule has 26 heavy (non-hydrogen) atoms. The number of amides is 2. The van der Waals surface area contributed by atoms with Gasteiger partial charge >= 0.3 is 0 Å². The minimum atomic E-state index is -0.336. The van der Waals surface area contributed by atoms with Gasteiger partial charge in [-0.3, -0.25) is 9.59 Å². The number of aromatic nitrogens is 3. The molecule has 2 amide bonds. The molecule has 1 fully saturated rings. The zero-order valence-electron chi connectivity index (χ0n) is 14.4. The number of rotatable bonds is 5. The second-order valence-electron chi connectivity index (χ2n) is 6.59. The lowest BCUT2D eigenvalue weighted by molar-refractivity contribution is -0.128. The zero-order valence-corrected chi connectivity index (χ0v) is 15.2. The standard InChI is InChI=1S/C18H19N5O2S/c1-11-2-3-15-14(6-11)12(8-19-15)4-5-23-9-13(7-16(23)24)17(25)21-18-22-20-10-26-18/h2-3,6,8,10,13,19H,4-5,7,9H2,1H3,(H,21,22,25)/t13-/m0/s1. The van der Waals surface area contributed by atoms with E-state index < -0.39 is 0 Å². The van der Waals surface area contributed by atoms with Gasteiger partial charge in [-0.1, -0.05) is 23.0 Å². The number of likely N-dealkylation sites (tertiary alicyclic amines) is 1. The van der Waals surface area contributed by atoms with Gasteiger partial charge in [0.05, 0.1) is 5.92 Å². The molecule has 3 aromatic rings. The molecule has 0 saturated carbocycles. The molecule has 0 spiro atoms. The molecule has 2 N–H and O–H groups in total. The Balaban J connectivity index is 1.38. The largest absolute Gasteiger partial charge is 0.361 e. The Labute approximate surface area is 154 Å². The SMILES string of the molecule is Cc1ccc2[nH]cc(CCN3C[C@@H](C(=O)Nc4nncs4)CC3=O)c2c1. The molecule has 7 nitrogen and oxygen atoms in total. The lowest BCUT2D eigenvalue weighted by Gasteiger charge is -2.16. The summed E-state index contributed by atoms with van der Waals surface area (Å²) in [6.45, 7) is 3.13. The first-order valence-electron chi connectivity index (χ1n) is 8.51. The third kappa shape index (κ3) is 3.32. The van der Waals surface area contributed by atoms with Crippen LogP contribution in [0.25, 0.3) is 10.9 Å². The monoisotopic (exact) mass is 369 g/mol. The third-order valence-electron chi connectivity index (χ3n) is 4.75. The molecule has 3 heterocycles. The van der Waals surface area contributed by atoms with Crippen molar-refractivity contribution in [3.05, 3.63) is 41.0 Å². The zero-order chi connectivity index (χ0) is 18.1. The van der Waals surface area contributed by atoms with Crippen LogP contribution in [-0.4, -0.2) is 45.0 Å². The number of aromatic amines is 1. The van der Waals surface area contributed by atoms with Gasteiger partial charge in [0.25, 0.3) is 0 Å². The smallest absolute Gasteiger partial charge is 0.231 e. The number of carbonyl (C=O) groups excluding carboxylic acids is 2. The maximum Gasteiger partial charge on any atom is 0.231 e. The van der Waals surface area contributed by atoms with Gasteiger partial charge in [0, 0.05) is 36.6 Å². The molecule has 134 valence electrons. The second kappa shape index (κ2) is 6.87. The molecule has 0 bridgehead atoms. The summed E-state index contributed by atoms with van der Waals surface area (Å²) in [7, 11) is 0. The van der Waals surface area contributed by atoms with Gasteiger partial charge in [0.1, 0.15) is 5.51 Å². The van der Waals surface area contributed by atoms with E-state index in [-0.39, 0.29) is 24.2 Å². The number of nitrogens with one attached hydrogen (secondary N) is 2. The molecule has 0 radical (unpaired) electrons. The Kier molecular flexibility index (Phi) is 4.42. The number of fused-ring (bicyclic) bond motifs is 1. The van der Waals surface area contributed by atoms with Gasteiger partial charge < -0.3 is 15.2 Å². The van der Waals surface area contributed by atoms with Crippen LogP contribution in [0.5, 0.6) is 0 Å². The fourth-order valence-electron chi connectivity index (χ4n) is 3.35. The number of nitrogens with zero attached hydrogens (tertiary/aromatic N) is 3. The van der Waals surface area contributed by atoms with Crippen molar-refractivity contribution in [2.24, 2.45) is 5.92 Å². The van der Waals surface area contributed by atoms with Crippen LogP contribution >= 0.6 is 11.3 Å². The summed E-state index contributed by atoms with van der Waals surface area (Å²) in [4.78, 5) is 29.6. The molecule has 1 aromatic carbocycles. The van der Waals surface area contributed by atoms with Crippen LogP contribution in [0.15, 0.2) is 29.9 Å². The van der Waals surface area contributed by atoms with Crippen molar-refractivity contribution in [1.82, 2.24) is 20.1 Å². The van der Waals surface area contributed by atoms with Gasteiger partial charge in [-0.15, -0.1) is 10.2 Å². The highest BCUT2D eigenvalue weighted by Gasteiger charge is 2.34. The molecule has 1 aliphatic rings. The Hall–Kier alpha value is -2.74. The molecule has 0 unspecified atom stereocenters. The first-order valence-corrected chi connectivity index (χ1v) is 9.39. The van der Waals surface area contributed by atoms with Gasteiger partial charge in [-0.2, -0.15) is 0 Å². The van der Waals surface area contributed by atoms with E-state index in [9.17, 15) is 9.59 Å². The number of anilines is 1. The van der Waals surface area contributed by atoms with Gasteiger partial charge in [0.15, 0.2) is 0 Å². The van der Waals surface area contributed by atoms with E-state index in [1.165, 1.54) is 27.8 Å². The Morgan fingerprint density at radius 2 is 2.35 bits per heavy atom. The number of benzene rings is 1. The normalized spacial score (nSPS) is 17.2. The van der Waals surface area contributed by atoms with Crippen molar-refractivity contribution in [2.75, 3.05) is 18.4 Å². The van der Waals surface area contributed by atoms with Crippen LogP contribution in [0, 0.1) is 12.8 Å². The van der Waals surface area contributed by atoms with Crippen LogP contribution in [0.1, 0.15) is 17.5 Å². The van der Waals surface area contributed by atoms with E-state index in [0.717, 1.165) is 11.9 Å². The summed E-state index contributed by atoms with van der Waals surface area (Å²) in [5.41, 5.74) is 5.07. The Morgan fingerprint density at radius 3 is 3.15 bits per heavy atom. The lowest BCUT2D eigenvalue weighted by atomic mass is 10.1. The first-order chi connectivity index (χ1) is 12.6. The van der Waals surface area contributed by atoms with E-state index >= 15 is 0 Å². The van der Waals surface area contributed by atoms with E-state index in [1.54, 1.807) is 10.4 Å². The fraction of sp³-hybridized carbons (Fsp3) is 0.333.